The summed E-state index contributed by atoms with van der Waals surface area (Å²) in [4.78, 5) is 10.1. The molecule has 0 saturated carbocycles. The van der Waals surface area contributed by atoms with Crippen molar-refractivity contribution in [3.63, 3.8) is 0 Å². The summed E-state index contributed by atoms with van der Waals surface area (Å²) in [5.41, 5.74) is 0.651. The largest absolute Gasteiger partial charge is 0.379 e. The van der Waals surface area contributed by atoms with Gasteiger partial charge in [0.1, 0.15) is 5.69 Å². The maximum absolute atomic E-state index is 11.3. The summed E-state index contributed by atoms with van der Waals surface area (Å²) in [6.45, 7) is 0.358. The molecule has 0 aromatic heterocycles. The van der Waals surface area contributed by atoms with E-state index in [2.05, 4.69) is 5.32 Å². The molecule has 0 bridgehead atoms. The van der Waals surface area contributed by atoms with Gasteiger partial charge in [0.2, 0.25) is 10.0 Å². The topological polar surface area (TPSA) is 115 Å². The molecule has 0 fully saturated rings. The maximum Gasteiger partial charge on any atom is 0.293 e. The minimum absolute atomic E-state index is 0.192. The number of hydrogen-bond acceptors (Lipinski definition) is 5. The van der Waals surface area contributed by atoms with E-state index in [4.69, 9.17) is 28.3 Å². The fourth-order valence-corrected chi connectivity index (χ4v) is 3.08. The molecule has 0 radical (unpaired) electrons. The number of nitrogens with two attached hydrogens (primary N) is 1. The zero-order valence-corrected chi connectivity index (χ0v) is 14.5. The van der Waals surface area contributed by atoms with Crippen molar-refractivity contribution in [3.05, 3.63) is 62.1 Å². The van der Waals surface area contributed by atoms with E-state index in [9.17, 15) is 18.5 Å². The fraction of sp³-hybridized carbons (Fsp3) is 0.143. The van der Waals surface area contributed by atoms with Crippen LogP contribution in [-0.4, -0.2) is 19.9 Å². The Kier molecular flexibility index (Phi) is 5.66. The number of anilines is 1. The van der Waals surface area contributed by atoms with Crippen LogP contribution in [0.5, 0.6) is 0 Å². The van der Waals surface area contributed by atoms with Crippen LogP contribution in [0.1, 0.15) is 5.56 Å². The Morgan fingerprint density at radius 2 is 1.88 bits per heavy atom. The molecule has 24 heavy (non-hydrogen) atoms. The second-order valence-electron chi connectivity index (χ2n) is 4.89. The Morgan fingerprint density at radius 1 is 1.17 bits per heavy atom. The Bertz CT molecular complexity index is 888. The molecule has 0 aliphatic rings. The summed E-state index contributed by atoms with van der Waals surface area (Å²) in [5.74, 6) is 0. The standard InChI is InChI=1S/C14H13Cl2N3O4S/c15-10-2-1-9(12(16)7-10)5-6-18-13-4-3-11(24(17,22)23)8-14(13)19(20)21/h1-4,7-8,18H,5-6H2,(H2,17,22,23). The minimum Gasteiger partial charge on any atom is -0.379 e. The van der Waals surface area contributed by atoms with E-state index < -0.39 is 14.9 Å². The molecule has 0 heterocycles. The van der Waals surface area contributed by atoms with Gasteiger partial charge in [-0.05, 0) is 36.2 Å². The van der Waals surface area contributed by atoms with E-state index in [0.717, 1.165) is 11.6 Å². The molecule has 10 heteroatoms. The molecule has 7 nitrogen and oxygen atoms in total. The van der Waals surface area contributed by atoms with Crippen molar-refractivity contribution in [3.8, 4) is 0 Å². The van der Waals surface area contributed by atoms with Gasteiger partial charge in [-0.3, -0.25) is 10.1 Å². The normalized spacial score (nSPS) is 11.3. The third-order valence-corrected chi connectivity index (χ3v) is 4.72. The second-order valence-corrected chi connectivity index (χ2v) is 7.30. The summed E-state index contributed by atoms with van der Waals surface area (Å²) < 4.78 is 22.6. The Morgan fingerprint density at radius 3 is 2.46 bits per heavy atom. The van der Waals surface area contributed by atoms with Crippen LogP contribution in [0, 0.1) is 10.1 Å². The van der Waals surface area contributed by atoms with Gasteiger partial charge < -0.3 is 5.32 Å². The number of sulfonamides is 1. The first-order valence-electron chi connectivity index (χ1n) is 6.67. The lowest BCUT2D eigenvalue weighted by atomic mass is 10.1. The quantitative estimate of drug-likeness (QED) is 0.581. The first-order valence-corrected chi connectivity index (χ1v) is 8.98. The highest BCUT2D eigenvalue weighted by molar-refractivity contribution is 7.89. The SMILES string of the molecule is NS(=O)(=O)c1ccc(NCCc2ccc(Cl)cc2Cl)c([N+](=O)[O-])c1. The smallest absolute Gasteiger partial charge is 0.293 e. The van der Waals surface area contributed by atoms with Gasteiger partial charge in [0.15, 0.2) is 0 Å². The molecule has 0 unspecified atom stereocenters. The molecule has 0 atom stereocenters. The molecule has 3 N–H and O–H groups in total. The average Bonchev–Trinajstić information content (AvgIpc) is 2.48. The maximum atomic E-state index is 11.3. The van der Waals surface area contributed by atoms with Gasteiger partial charge >= 0.3 is 0 Å². The van der Waals surface area contributed by atoms with E-state index in [-0.39, 0.29) is 16.3 Å². The summed E-state index contributed by atoms with van der Waals surface area (Å²) in [6, 6.07) is 8.52. The first-order chi connectivity index (χ1) is 11.2. The lowest BCUT2D eigenvalue weighted by Crippen LogP contribution is -2.13. The number of rotatable bonds is 6. The van der Waals surface area contributed by atoms with Gasteiger partial charge in [-0.25, -0.2) is 13.6 Å². The van der Waals surface area contributed by atoms with E-state index in [1.165, 1.54) is 12.1 Å². The lowest BCUT2D eigenvalue weighted by molar-refractivity contribution is -0.384. The molecule has 0 saturated heterocycles. The van der Waals surface area contributed by atoms with Crippen LogP contribution < -0.4 is 10.5 Å². The van der Waals surface area contributed by atoms with Crippen LogP contribution in [0.15, 0.2) is 41.3 Å². The van der Waals surface area contributed by atoms with Crippen LogP contribution in [-0.2, 0) is 16.4 Å². The highest BCUT2D eigenvalue weighted by atomic mass is 35.5. The van der Waals surface area contributed by atoms with E-state index >= 15 is 0 Å². The molecule has 0 aliphatic heterocycles. The summed E-state index contributed by atoms with van der Waals surface area (Å²) in [7, 11) is -4.01. The number of primary sulfonamides is 1. The highest BCUT2D eigenvalue weighted by Crippen LogP contribution is 2.27. The third-order valence-electron chi connectivity index (χ3n) is 3.22. The highest BCUT2D eigenvalue weighted by Gasteiger charge is 2.18. The predicted octanol–water partition coefficient (Wildman–Crippen LogP) is 3.20. The van der Waals surface area contributed by atoms with E-state index in [1.54, 1.807) is 18.2 Å². The van der Waals surface area contributed by atoms with Gasteiger partial charge in [0.25, 0.3) is 5.69 Å². The number of nitrogens with one attached hydrogen (secondary N) is 1. The molecule has 0 spiro atoms. The van der Waals surface area contributed by atoms with Crippen molar-refractivity contribution in [1.82, 2.24) is 0 Å². The van der Waals surface area contributed by atoms with Gasteiger partial charge in [-0.2, -0.15) is 0 Å². The second kappa shape index (κ2) is 7.35. The van der Waals surface area contributed by atoms with Crippen molar-refractivity contribution in [2.75, 3.05) is 11.9 Å². The van der Waals surface area contributed by atoms with Crippen LogP contribution in [0.25, 0.3) is 0 Å². The number of nitrogens with zero attached hydrogens (tertiary/aromatic N) is 1. The van der Waals surface area contributed by atoms with E-state index in [0.29, 0.717) is 23.0 Å². The Balaban J connectivity index is 2.16. The molecule has 128 valence electrons. The number of benzene rings is 2. The van der Waals surface area contributed by atoms with Gasteiger partial charge in [0.05, 0.1) is 9.82 Å². The average molecular weight is 390 g/mol. The number of nitro benzene ring substituents is 1. The molecular formula is C14H13Cl2N3O4S. The van der Waals surface area contributed by atoms with Crippen molar-refractivity contribution >= 4 is 44.6 Å². The number of hydrogen-bond donors (Lipinski definition) is 2. The molecule has 0 amide bonds. The van der Waals surface area contributed by atoms with Gasteiger partial charge in [-0.1, -0.05) is 29.3 Å². The summed E-state index contributed by atoms with van der Waals surface area (Å²) in [6.07, 6.45) is 0.504. The zero-order valence-electron chi connectivity index (χ0n) is 12.2. The van der Waals surface area contributed by atoms with Gasteiger partial charge in [-0.15, -0.1) is 0 Å². The summed E-state index contributed by atoms with van der Waals surface area (Å²) in [5, 5.41) is 20.0. The fourth-order valence-electron chi connectivity index (χ4n) is 2.05. The Labute approximate surface area is 148 Å². The molecular weight excluding hydrogens is 377 g/mol. The molecule has 2 aromatic carbocycles. The Hall–Kier alpha value is -1.87. The lowest BCUT2D eigenvalue weighted by Gasteiger charge is -2.09. The monoisotopic (exact) mass is 389 g/mol. The van der Waals surface area contributed by atoms with Crippen molar-refractivity contribution in [2.45, 2.75) is 11.3 Å². The van der Waals surface area contributed by atoms with Crippen LogP contribution in [0.2, 0.25) is 10.0 Å². The summed E-state index contributed by atoms with van der Waals surface area (Å²) >= 11 is 11.9. The van der Waals surface area contributed by atoms with Crippen LogP contribution >= 0.6 is 23.2 Å². The van der Waals surface area contributed by atoms with Crippen LogP contribution in [0.3, 0.4) is 0 Å². The molecule has 2 rings (SSSR count). The minimum atomic E-state index is -4.01. The van der Waals surface area contributed by atoms with Crippen molar-refractivity contribution < 1.29 is 13.3 Å². The third kappa shape index (κ3) is 4.57. The van der Waals surface area contributed by atoms with Gasteiger partial charge in [0, 0.05) is 22.7 Å². The van der Waals surface area contributed by atoms with Crippen LogP contribution in [0.4, 0.5) is 11.4 Å². The van der Waals surface area contributed by atoms with E-state index in [1.807, 2.05) is 0 Å². The number of halogens is 2. The molecule has 0 aliphatic carbocycles. The predicted molar refractivity (Wildman–Crippen MR) is 93.1 cm³/mol. The zero-order chi connectivity index (χ0) is 17.9. The van der Waals surface area contributed by atoms with Crippen molar-refractivity contribution in [2.24, 2.45) is 5.14 Å². The number of nitro groups is 1. The van der Waals surface area contributed by atoms with Crippen molar-refractivity contribution in [1.29, 1.82) is 0 Å². The first kappa shape index (κ1) is 18.5. The molecule has 2 aromatic rings.